The summed E-state index contributed by atoms with van der Waals surface area (Å²) < 4.78 is 6.60. The summed E-state index contributed by atoms with van der Waals surface area (Å²) in [4.78, 5) is 25.6. The summed E-state index contributed by atoms with van der Waals surface area (Å²) in [5, 5.41) is 20.0. The van der Waals surface area contributed by atoms with Gasteiger partial charge in [-0.2, -0.15) is 5.26 Å². The Bertz CT molecular complexity index is 923. The number of hydrogen-bond donors (Lipinski definition) is 1. The highest BCUT2D eigenvalue weighted by atomic mass is 16.5. The molecule has 0 aliphatic heterocycles. The third-order valence-corrected chi connectivity index (χ3v) is 4.19. The van der Waals surface area contributed by atoms with E-state index in [-0.39, 0.29) is 28.8 Å². The largest absolute Gasteiger partial charge is 0.494 e. The first-order valence-corrected chi connectivity index (χ1v) is 8.60. The first-order valence-electron chi connectivity index (χ1n) is 8.60. The minimum atomic E-state index is -0.578. The molecule has 0 saturated heterocycles. The molecule has 6 heteroatoms. The molecule has 0 saturated carbocycles. The quantitative estimate of drug-likeness (QED) is 0.771. The Morgan fingerprint density at radius 2 is 2.00 bits per heavy atom. The van der Waals surface area contributed by atoms with E-state index in [9.17, 15) is 20.0 Å². The van der Waals surface area contributed by atoms with Crippen molar-refractivity contribution < 1.29 is 14.6 Å². The molecule has 0 spiro atoms. The lowest BCUT2D eigenvalue weighted by Gasteiger charge is -2.16. The fourth-order valence-electron chi connectivity index (χ4n) is 2.82. The number of unbranched alkanes of at least 4 members (excludes halogenated alkanes) is 1. The molecule has 2 aromatic rings. The number of nitrogens with zero attached hydrogens (tertiary/aromatic N) is 2. The van der Waals surface area contributed by atoms with Crippen LogP contribution in [0.1, 0.15) is 53.7 Å². The molecule has 0 unspecified atom stereocenters. The van der Waals surface area contributed by atoms with Gasteiger partial charge in [0.15, 0.2) is 0 Å². The Morgan fingerprint density at radius 1 is 1.31 bits per heavy atom. The lowest BCUT2D eigenvalue weighted by Crippen LogP contribution is -2.27. The Balaban J connectivity index is 2.71. The van der Waals surface area contributed by atoms with Crippen LogP contribution >= 0.6 is 0 Å². The maximum atomic E-state index is 13.1. The Kier molecular flexibility index (Phi) is 6.18. The van der Waals surface area contributed by atoms with Crippen molar-refractivity contribution >= 4 is 5.78 Å². The van der Waals surface area contributed by atoms with Gasteiger partial charge in [-0.15, -0.1) is 0 Å². The molecule has 0 bridgehead atoms. The molecular weight excluding hydrogens is 332 g/mol. The summed E-state index contributed by atoms with van der Waals surface area (Å²) in [5.41, 5.74) is -0.289. The number of ketones is 1. The third kappa shape index (κ3) is 3.47. The maximum Gasteiger partial charge on any atom is 0.271 e. The molecular formula is C20H22N2O4. The van der Waals surface area contributed by atoms with E-state index in [4.69, 9.17) is 4.74 Å². The van der Waals surface area contributed by atoms with Crippen LogP contribution in [-0.2, 0) is 6.54 Å². The van der Waals surface area contributed by atoms with Gasteiger partial charge in [0, 0.05) is 6.54 Å². The van der Waals surface area contributed by atoms with Crippen molar-refractivity contribution in [1.29, 1.82) is 5.26 Å². The van der Waals surface area contributed by atoms with Gasteiger partial charge in [0.2, 0.25) is 11.7 Å². The highest BCUT2D eigenvalue weighted by molar-refractivity contribution is 6.13. The van der Waals surface area contributed by atoms with Crippen LogP contribution in [0.5, 0.6) is 11.6 Å². The lowest BCUT2D eigenvalue weighted by atomic mass is 9.96. The average molecular weight is 354 g/mol. The average Bonchev–Trinajstić information content (AvgIpc) is 2.62. The van der Waals surface area contributed by atoms with Gasteiger partial charge in [-0.05, 0) is 38.0 Å². The number of carbonyl (C=O) groups excluding carboxylic acids is 1. The van der Waals surface area contributed by atoms with Gasteiger partial charge in [-0.25, -0.2) is 0 Å². The second kappa shape index (κ2) is 8.34. The van der Waals surface area contributed by atoms with Crippen molar-refractivity contribution in [3.8, 4) is 17.7 Å². The number of rotatable bonds is 7. The molecule has 0 fully saturated rings. The molecule has 0 atom stereocenters. The van der Waals surface area contributed by atoms with Crippen molar-refractivity contribution in [3.05, 3.63) is 56.9 Å². The first-order chi connectivity index (χ1) is 12.5. The maximum absolute atomic E-state index is 13.1. The molecule has 0 amide bonds. The van der Waals surface area contributed by atoms with Crippen molar-refractivity contribution in [2.45, 2.75) is 40.2 Å². The summed E-state index contributed by atoms with van der Waals surface area (Å²) in [6.07, 6.45) is 1.45. The third-order valence-electron chi connectivity index (χ3n) is 4.19. The summed E-state index contributed by atoms with van der Waals surface area (Å²) in [6, 6.07) is 8.57. The zero-order valence-corrected chi connectivity index (χ0v) is 15.2. The van der Waals surface area contributed by atoms with E-state index in [0.717, 1.165) is 11.0 Å². The highest BCUT2D eigenvalue weighted by Crippen LogP contribution is 2.29. The standard InChI is InChI=1S/C20H22N2O4/c1-4-6-11-22-19(24)15(12-21)13(3)17(20(22)25)18(23)14-9-7-8-10-16(14)26-5-2/h7-10,25H,4-6,11H2,1-3H3. The van der Waals surface area contributed by atoms with Crippen molar-refractivity contribution in [1.82, 2.24) is 4.57 Å². The number of carbonyl (C=O) groups is 1. The van der Waals surface area contributed by atoms with E-state index in [0.29, 0.717) is 18.8 Å². The fraction of sp³-hybridized carbons (Fsp3) is 0.350. The fourth-order valence-corrected chi connectivity index (χ4v) is 2.82. The second-order valence-corrected chi connectivity index (χ2v) is 5.88. The number of aromatic hydroxyl groups is 1. The molecule has 1 aromatic carbocycles. The minimum Gasteiger partial charge on any atom is -0.494 e. The number of hydrogen-bond acceptors (Lipinski definition) is 5. The van der Waals surface area contributed by atoms with E-state index in [2.05, 4.69) is 0 Å². The predicted octanol–water partition coefficient (Wildman–Crippen LogP) is 3.16. The van der Waals surface area contributed by atoms with Crippen molar-refractivity contribution in [3.63, 3.8) is 0 Å². The van der Waals surface area contributed by atoms with E-state index in [1.54, 1.807) is 24.3 Å². The van der Waals surface area contributed by atoms with Gasteiger partial charge in [0.05, 0.1) is 17.7 Å². The van der Waals surface area contributed by atoms with Crippen LogP contribution < -0.4 is 10.3 Å². The monoisotopic (exact) mass is 354 g/mol. The van der Waals surface area contributed by atoms with Gasteiger partial charge in [0.1, 0.15) is 17.4 Å². The first kappa shape index (κ1) is 19.3. The molecule has 1 N–H and O–H groups in total. The molecule has 0 aliphatic carbocycles. The molecule has 2 rings (SSSR count). The van der Waals surface area contributed by atoms with Gasteiger partial charge >= 0.3 is 0 Å². The van der Waals surface area contributed by atoms with Gasteiger partial charge in [-0.1, -0.05) is 25.5 Å². The molecule has 26 heavy (non-hydrogen) atoms. The summed E-state index contributed by atoms with van der Waals surface area (Å²) in [5.74, 6) is -0.495. The number of nitriles is 1. The molecule has 6 nitrogen and oxygen atoms in total. The topological polar surface area (TPSA) is 92.3 Å². The molecule has 0 radical (unpaired) electrons. The molecule has 0 aliphatic rings. The van der Waals surface area contributed by atoms with Crippen molar-refractivity contribution in [2.75, 3.05) is 6.61 Å². The van der Waals surface area contributed by atoms with Gasteiger partial charge < -0.3 is 9.84 Å². The number of para-hydroxylation sites is 1. The van der Waals surface area contributed by atoms with E-state index in [1.165, 1.54) is 6.92 Å². The lowest BCUT2D eigenvalue weighted by molar-refractivity contribution is 0.103. The zero-order valence-electron chi connectivity index (χ0n) is 15.2. The van der Waals surface area contributed by atoms with Gasteiger partial charge in [-0.3, -0.25) is 14.2 Å². The summed E-state index contributed by atoms with van der Waals surface area (Å²) in [7, 11) is 0. The second-order valence-electron chi connectivity index (χ2n) is 5.88. The normalized spacial score (nSPS) is 10.4. The smallest absolute Gasteiger partial charge is 0.271 e. The van der Waals surface area contributed by atoms with Crippen LogP contribution in [0.2, 0.25) is 0 Å². The van der Waals surface area contributed by atoms with Crippen molar-refractivity contribution in [2.24, 2.45) is 0 Å². The Hall–Kier alpha value is -3.07. The highest BCUT2D eigenvalue weighted by Gasteiger charge is 2.26. The van der Waals surface area contributed by atoms with Crippen LogP contribution in [0.4, 0.5) is 0 Å². The molecule has 1 aromatic heterocycles. The molecule has 136 valence electrons. The summed E-state index contributed by atoms with van der Waals surface area (Å²) in [6.45, 7) is 5.88. The Labute approximate surface area is 152 Å². The van der Waals surface area contributed by atoms with Gasteiger partial charge in [0.25, 0.3) is 5.56 Å². The Morgan fingerprint density at radius 3 is 2.62 bits per heavy atom. The number of benzene rings is 1. The summed E-state index contributed by atoms with van der Waals surface area (Å²) >= 11 is 0. The van der Waals surface area contributed by atoms with Crippen LogP contribution in [0.25, 0.3) is 0 Å². The van der Waals surface area contributed by atoms with E-state index < -0.39 is 17.2 Å². The number of ether oxygens (including phenoxy) is 1. The van der Waals surface area contributed by atoms with Crippen LogP contribution in [-0.4, -0.2) is 22.1 Å². The number of aromatic nitrogens is 1. The van der Waals surface area contributed by atoms with Crippen LogP contribution in [0.15, 0.2) is 29.1 Å². The van der Waals surface area contributed by atoms with Crippen LogP contribution in [0.3, 0.4) is 0 Å². The predicted molar refractivity (Wildman–Crippen MR) is 97.8 cm³/mol. The number of pyridine rings is 1. The SMILES string of the molecule is CCCCn1c(O)c(C(=O)c2ccccc2OCC)c(C)c(C#N)c1=O. The van der Waals surface area contributed by atoms with Crippen LogP contribution in [0, 0.1) is 18.3 Å². The van der Waals surface area contributed by atoms with E-state index >= 15 is 0 Å². The molecule has 1 heterocycles. The van der Waals surface area contributed by atoms with E-state index in [1.807, 2.05) is 19.9 Å². The zero-order chi connectivity index (χ0) is 19.3. The minimum absolute atomic E-state index is 0.0376.